The van der Waals surface area contributed by atoms with Crippen LogP contribution in [-0.4, -0.2) is 47.6 Å². The van der Waals surface area contributed by atoms with Crippen LogP contribution >= 0.6 is 0 Å². The van der Waals surface area contributed by atoms with Crippen LogP contribution in [0.4, 0.5) is 0 Å². The molecule has 0 aromatic heterocycles. The minimum Gasteiger partial charge on any atom is -0.480 e. The molecule has 1 unspecified atom stereocenters. The van der Waals surface area contributed by atoms with Crippen molar-refractivity contribution in [2.45, 2.75) is 38.3 Å². The smallest absolute Gasteiger partial charge is 0.326 e. The lowest BCUT2D eigenvalue weighted by Gasteiger charge is -2.23. The summed E-state index contributed by atoms with van der Waals surface area (Å²) in [6.07, 6.45) is 2.67. The normalized spacial score (nSPS) is 17.2. The number of carboxylic acids is 1. The van der Waals surface area contributed by atoms with Crippen molar-refractivity contribution in [3.63, 3.8) is 0 Å². The summed E-state index contributed by atoms with van der Waals surface area (Å²) in [5.41, 5.74) is 0. The number of nitrogens with zero attached hydrogens (tertiary/aromatic N) is 1. The van der Waals surface area contributed by atoms with Gasteiger partial charge in [0.05, 0.1) is 6.54 Å². The molecule has 0 aromatic rings. The van der Waals surface area contributed by atoms with Gasteiger partial charge in [-0.15, -0.1) is 0 Å². The average Bonchev–Trinajstić information content (AvgIpc) is 2.97. The largest absolute Gasteiger partial charge is 0.480 e. The molecular weight excluding hydrogens is 196 g/mol. The van der Waals surface area contributed by atoms with Gasteiger partial charge in [0.1, 0.15) is 6.04 Å². The predicted molar refractivity (Wildman–Crippen MR) is 55.5 cm³/mol. The molecule has 0 heterocycles. The van der Waals surface area contributed by atoms with Crippen molar-refractivity contribution >= 4 is 11.9 Å². The van der Waals surface area contributed by atoms with Gasteiger partial charge >= 0.3 is 5.97 Å². The fourth-order valence-corrected chi connectivity index (χ4v) is 1.43. The minimum atomic E-state index is -0.945. The molecule has 0 radical (unpaired) electrons. The molecule has 1 fully saturated rings. The summed E-state index contributed by atoms with van der Waals surface area (Å²) in [7, 11) is 1.54. The van der Waals surface area contributed by atoms with Crippen LogP contribution < -0.4 is 5.32 Å². The van der Waals surface area contributed by atoms with Gasteiger partial charge in [0.2, 0.25) is 5.91 Å². The summed E-state index contributed by atoms with van der Waals surface area (Å²) in [6, 6.07) is -0.245. The van der Waals surface area contributed by atoms with Gasteiger partial charge in [-0.2, -0.15) is 0 Å². The Morgan fingerprint density at radius 1 is 1.53 bits per heavy atom. The quantitative estimate of drug-likeness (QED) is 0.656. The topological polar surface area (TPSA) is 69.6 Å². The molecule has 1 rings (SSSR count). The first-order chi connectivity index (χ1) is 7.06. The van der Waals surface area contributed by atoms with E-state index in [1.165, 1.54) is 4.90 Å². The second kappa shape index (κ2) is 5.11. The number of amides is 1. The van der Waals surface area contributed by atoms with E-state index in [2.05, 4.69) is 5.32 Å². The summed E-state index contributed by atoms with van der Waals surface area (Å²) in [5, 5.41) is 11.9. The number of rotatable bonds is 6. The van der Waals surface area contributed by atoms with E-state index in [1.54, 1.807) is 14.0 Å². The maximum atomic E-state index is 11.6. The van der Waals surface area contributed by atoms with E-state index in [9.17, 15) is 9.59 Å². The van der Waals surface area contributed by atoms with Crippen LogP contribution in [-0.2, 0) is 9.59 Å². The number of nitrogens with one attached hydrogen (secondary N) is 1. The zero-order valence-electron chi connectivity index (χ0n) is 9.19. The van der Waals surface area contributed by atoms with Crippen LogP contribution in [0.2, 0.25) is 0 Å². The molecule has 5 nitrogen and oxygen atoms in total. The zero-order chi connectivity index (χ0) is 11.4. The maximum Gasteiger partial charge on any atom is 0.326 e. The number of carbonyl (C=O) groups is 2. The van der Waals surface area contributed by atoms with E-state index in [4.69, 9.17) is 5.11 Å². The molecule has 0 spiro atoms. The molecule has 0 saturated heterocycles. The summed E-state index contributed by atoms with van der Waals surface area (Å²) in [4.78, 5) is 23.7. The first-order valence-corrected chi connectivity index (χ1v) is 5.28. The SMILES string of the molecule is CCC(C(=O)O)N(C)C(=O)CNC1CC1. The van der Waals surface area contributed by atoms with Crippen molar-refractivity contribution in [3.8, 4) is 0 Å². The third-order valence-electron chi connectivity index (χ3n) is 2.65. The van der Waals surface area contributed by atoms with Crippen molar-refractivity contribution in [3.05, 3.63) is 0 Å². The molecule has 86 valence electrons. The van der Waals surface area contributed by atoms with Crippen LogP contribution in [0, 0.1) is 0 Å². The highest BCUT2D eigenvalue weighted by Crippen LogP contribution is 2.18. The van der Waals surface area contributed by atoms with E-state index < -0.39 is 12.0 Å². The molecule has 1 amide bonds. The number of hydrogen-bond acceptors (Lipinski definition) is 3. The number of hydrogen-bond donors (Lipinski definition) is 2. The lowest BCUT2D eigenvalue weighted by atomic mass is 10.2. The maximum absolute atomic E-state index is 11.6. The Kier molecular flexibility index (Phi) is 4.08. The molecular formula is C10H18N2O3. The fourth-order valence-electron chi connectivity index (χ4n) is 1.43. The fraction of sp³-hybridized carbons (Fsp3) is 0.800. The molecule has 1 saturated carbocycles. The van der Waals surface area contributed by atoms with Crippen molar-refractivity contribution in [1.29, 1.82) is 0 Å². The van der Waals surface area contributed by atoms with E-state index in [-0.39, 0.29) is 12.5 Å². The molecule has 15 heavy (non-hydrogen) atoms. The van der Waals surface area contributed by atoms with Crippen molar-refractivity contribution in [2.75, 3.05) is 13.6 Å². The second-order valence-electron chi connectivity index (χ2n) is 3.92. The Morgan fingerprint density at radius 2 is 2.13 bits per heavy atom. The number of carboxylic acid groups (broad SMARTS) is 1. The van der Waals surface area contributed by atoms with Crippen LogP contribution in [0.3, 0.4) is 0 Å². The van der Waals surface area contributed by atoms with Crippen molar-refractivity contribution < 1.29 is 14.7 Å². The highest BCUT2D eigenvalue weighted by atomic mass is 16.4. The monoisotopic (exact) mass is 214 g/mol. The summed E-state index contributed by atoms with van der Waals surface area (Å²) in [5.74, 6) is -1.10. The number of aliphatic carboxylic acids is 1. The Bertz CT molecular complexity index is 251. The van der Waals surface area contributed by atoms with Gasteiger partial charge < -0.3 is 15.3 Å². The first kappa shape index (κ1) is 12.0. The summed E-state index contributed by atoms with van der Waals surface area (Å²) >= 11 is 0. The lowest BCUT2D eigenvalue weighted by molar-refractivity contribution is -0.148. The standard InChI is InChI=1S/C10H18N2O3/c1-3-8(10(14)15)12(2)9(13)6-11-7-4-5-7/h7-8,11H,3-6H2,1-2H3,(H,14,15). The van der Waals surface area contributed by atoms with Gasteiger partial charge in [-0.3, -0.25) is 4.79 Å². The highest BCUT2D eigenvalue weighted by molar-refractivity contribution is 5.84. The van der Waals surface area contributed by atoms with Gasteiger partial charge in [-0.1, -0.05) is 6.92 Å². The molecule has 0 aromatic carbocycles. The van der Waals surface area contributed by atoms with Crippen molar-refractivity contribution in [1.82, 2.24) is 10.2 Å². The van der Waals surface area contributed by atoms with Gasteiger partial charge in [-0.05, 0) is 19.3 Å². The molecule has 1 aliphatic carbocycles. The third-order valence-corrected chi connectivity index (χ3v) is 2.65. The van der Waals surface area contributed by atoms with Gasteiger partial charge in [0.15, 0.2) is 0 Å². The Balaban J connectivity index is 2.37. The first-order valence-electron chi connectivity index (χ1n) is 5.28. The van der Waals surface area contributed by atoms with Crippen LogP contribution in [0.5, 0.6) is 0 Å². The van der Waals surface area contributed by atoms with E-state index in [1.807, 2.05) is 0 Å². The van der Waals surface area contributed by atoms with E-state index in [0.29, 0.717) is 12.5 Å². The summed E-state index contributed by atoms with van der Waals surface area (Å²) in [6.45, 7) is 2.00. The van der Waals surface area contributed by atoms with Gasteiger partial charge in [0.25, 0.3) is 0 Å². The van der Waals surface area contributed by atoms with Crippen LogP contribution in [0.15, 0.2) is 0 Å². The summed E-state index contributed by atoms with van der Waals surface area (Å²) < 4.78 is 0. The minimum absolute atomic E-state index is 0.156. The van der Waals surface area contributed by atoms with Gasteiger partial charge in [0, 0.05) is 13.1 Å². The average molecular weight is 214 g/mol. The highest BCUT2D eigenvalue weighted by Gasteiger charge is 2.26. The lowest BCUT2D eigenvalue weighted by Crippen LogP contribution is -2.45. The molecule has 1 aliphatic rings. The molecule has 1 atom stereocenters. The van der Waals surface area contributed by atoms with E-state index in [0.717, 1.165) is 12.8 Å². The number of carbonyl (C=O) groups excluding carboxylic acids is 1. The van der Waals surface area contributed by atoms with Gasteiger partial charge in [-0.25, -0.2) is 4.79 Å². The predicted octanol–water partition coefficient (Wildman–Crippen LogP) is 0.0600. The Morgan fingerprint density at radius 3 is 2.53 bits per heavy atom. The number of likely N-dealkylation sites (N-methyl/N-ethyl adjacent to an activating group) is 1. The second-order valence-corrected chi connectivity index (χ2v) is 3.92. The van der Waals surface area contributed by atoms with Crippen molar-refractivity contribution in [2.24, 2.45) is 0 Å². The Labute approximate surface area is 89.4 Å². The Hall–Kier alpha value is -1.10. The zero-order valence-corrected chi connectivity index (χ0v) is 9.19. The molecule has 2 N–H and O–H groups in total. The van der Waals surface area contributed by atoms with Crippen LogP contribution in [0.25, 0.3) is 0 Å². The third kappa shape index (κ3) is 3.51. The van der Waals surface area contributed by atoms with E-state index >= 15 is 0 Å². The molecule has 5 heteroatoms. The van der Waals surface area contributed by atoms with Crippen LogP contribution in [0.1, 0.15) is 26.2 Å². The molecule has 0 bridgehead atoms. The molecule has 0 aliphatic heterocycles.